The molecule has 0 amide bonds. The Hall–Kier alpha value is -2.31. The summed E-state index contributed by atoms with van der Waals surface area (Å²) in [6, 6.07) is 2.98. The second kappa shape index (κ2) is 6.43. The summed E-state index contributed by atoms with van der Waals surface area (Å²) in [4.78, 5) is 3.64. The summed E-state index contributed by atoms with van der Waals surface area (Å²) in [6.45, 7) is 2.30. The van der Waals surface area contributed by atoms with Gasteiger partial charge < -0.3 is 10.1 Å². The molecular weight excluding hydrogens is 288 g/mol. The molecule has 0 atom stereocenters. The number of aromatic nitrogens is 1. The predicted molar refractivity (Wildman–Crippen MR) is 69.4 cm³/mol. The first-order chi connectivity index (χ1) is 9.99. The molecule has 0 bridgehead atoms. The molecule has 0 aliphatic carbocycles. The Bertz CT molecular complexity index is 629. The van der Waals surface area contributed by atoms with E-state index in [4.69, 9.17) is 4.74 Å². The Balaban J connectivity index is 2.30. The summed E-state index contributed by atoms with van der Waals surface area (Å²) in [6.07, 6.45) is 0.712. The van der Waals surface area contributed by atoms with E-state index in [0.29, 0.717) is 25.1 Å². The summed E-state index contributed by atoms with van der Waals surface area (Å²) in [5, 5.41) is 2.66. The van der Waals surface area contributed by atoms with Crippen molar-refractivity contribution < 1.29 is 22.3 Å². The first kappa shape index (κ1) is 15.1. The number of halogens is 4. The van der Waals surface area contributed by atoms with Crippen LogP contribution in [0.25, 0.3) is 0 Å². The second-order valence-corrected chi connectivity index (χ2v) is 4.24. The third-order valence-electron chi connectivity index (χ3n) is 2.49. The van der Waals surface area contributed by atoms with Crippen molar-refractivity contribution in [2.45, 2.75) is 13.3 Å². The van der Waals surface area contributed by atoms with Crippen molar-refractivity contribution in [3.05, 3.63) is 47.5 Å². The van der Waals surface area contributed by atoms with Gasteiger partial charge in [-0.15, -0.1) is 0 Å². The first-order valence-electron chi connectivity index (χ1n) is 6.23. The van der Waals surface area contributed by atoms with Gasteiger partial charge in [-0.05, 0) is 6.42 Å². The van der Waals surface area contributed by atoms with E-state index >= 15 is 0 Å². The Labute approximate surface area is 118 Å². The molecule has 1 N–H and O–H groups in total. The highest BCUT2D eigenvalue weighted by Crippen LogP contribution is 2.27. The minimum Gasteiger partial charge on any atom is -0.436 e. The smallest absolute Gasteiger partial charge is 0.258 e. The zero-order valence-corrected chi connectivity index (χ0v) is 11.1. The molecule has 2 rings (SSSR count). The molecule has 0 unspecified atom stereocenters. The van der Waals surface area contributed by atoms with Crippen LogP contribution < -0.4 is 10.1 Å². The summed E-state index contributed by atoms with van der Waals surface area (Å²) in [7, 11) is 0. The van der Waals surface area contributed by atoms with Gasteiger partial charge in [0.2, 0.25) is 0 Å². The Morgan fingerprint density at radius 1 is 1.00 bits per heavy atom. The van der Waals surface area contributed by atoms with Crippen LogP contribution in [-0.4, -0.2) is 11.5 Å². The molecule has 1 aromatic heterocycles. The zero-order chi connectivity index (χ0) is 15.4. The molecule has 112 valence electrons. The molecule has 0 spiro atoms. The summed E-state index contributed by atoms with van der Waals surface area (Å²) < 4.78 is 58.1. The Kier molecular flexibility index (Phi) is 4.62. The molecule has 21 heavy (non-hydrogen) atoms. The molecule has 0 fully saturated rings. The van der Waals surface area contributed by atoms with Crippen molar-refractivity contribution in [3.8, 4) is 11.6 Å². The van der Waals surface area contributed by atoms with E-state index in [1.807, 2.05) is 6.92 Å². The van der Waals surface area contributed by atoms with Crippen LogP contribution in [0.3, 0.4) is 0 Å². The molecule has 0 aliphatic rings. The molecule has 2 aromatic rings. The van der Waals surface area contributed by atoms with Gasteiger partial charge in [0.1, 0.15) is 17.4 Å². The van der Waals surface area contributed by atoms with Crippen LogP contribution >= 0.6 is 0 Å². The number of rotatable bonds is 5. The first-order valence-corrected chi connectivity index (χ1v) is 6.23. The van der Waals surface area contributed by atoms with Crippen molar-refractivity contribution in [2.24, 2.45) is 0 Å². The minimum absolute atomic E-state index is 0.190. The monoisotopic (exact) mass is 300 g/mol. The quantitative estimate of drug-likeness (QED) is 0.838. The fourth-order valence-corrected chi connectivity index (χ4v) is 1.59. The van der Waals surface area contributed by atoms with E-state index < -0.39 is 29.1 Å². The van der Waals surface area contributed by atoms with Crippen LogP contribution in [-0.2, 0) is 0 Å². The summed E-state index contributed by atoms with van der Waals surface area (Å²) in [5.74, 6) is -4.73. The number of ether oxygens (including phenoxy) is 1. The standard InChI is InChI=1S/C14H12F4N2O/c1-2-3-19-13-11(17)7-12(18)14(20-13)21-10-5-8(15)4-9(16)6-10/h4-7H,2-3H2,1H3,(H,19,20). The van der Waals surface area contributed by atoms with Gasteiger partial charge in [0.15, 0.2) is 17.5 Å². The number of nitrogens with one attached hydrogen (secondary N) is 1. The van der Waals surface area contributed by atoms with Gasteiger partial charge in [0.05, 0.1) is 0 Å². The predicted octanol–water partition coefficient (Wildman–Crippen LogP) is 4.25. The summed E-state index contributed by atoms with van der Waals surface area (Å²) >= 11 is 0. The topological polar surface area (TPSA) is 34.2 Å². The van der Waals surface area contributed by atoms with E-state index in [1.54, 1.807) is 0 Å². The molecule has 1 aromatic carbocycles. The Morgan fingerprint density at radius 3 is 2.29 bits per heavy atom. The molecule has 7 heteroatoms. The van der Waals surface area contributed by atoms with Crippen LogP contribution in [0.5, 0.6) is 11.6 Å². The maximum absolute atomic E-state index is 13.6. The highest BCUT2D eigenvalue weighted by Gasteiger charge is 2.14. The number of hydrogen-bond acceptors (Lipinski definition) is 3. The lowest BCUT2D eigenvalue weighted by Crippen LogP contribution is -2.06. The maximum atomic E-state index is 13.6. The lowest BCUT2D eigenvalue weighted by Gasteiger charge is -2.10. The van der Waals surface area contributed by atoms with E-state index in [2.05, 4.69) is 10.3 Å². The van der Waals surface area contributed by atoms with Crippen molar-refractivity contribution >= 4 is 5.82 Å². The van der Waals surface area contributed by atoms with Crippen LogP contribution in [0.15, 0.2) is 24.3 Å². The number of benzene rings is 1. The van der Waals surface area contributed by atoms with Crippen LogP contribution in [0.4, 0.5) is 23.4 Å². The molecule has 3 nitrogen and oxygen atoms in total. The second-order valence-electron chi connectivity index (χ2n) is 4.24. The van der Waals surface area contributed by atoms with Crippen LogP contribution in [0.2, 0.25) is 0 Å². The molecule has 0 saturated carbocycles. The van der Waals surface area contributed by atoms with Gasteiger partial charge in [-0.2, -0.15) is 4.98 Å². The van der Waals surface area contributed by atoms with E-state index in [-0.39, 0.29) is 11.6 Å². The van der Waals surface area contributed by atoms with Crippen molar-refractivity contribution in [2.75, 3.05) is 11.9 Å². The van der Waals surface area contributed by atoms with Gasteiger partial charge in [-0.25, -0.2) is 17.6 Å². The lowest BCUT2D eigenvalue weighted by atomic mass is 10.3. The molecule has 0 radical (unpaired) electrons. The Morgan fingerprint density at radius 2 is 1.67 bits per heavy atom. The normalized spacial score (nSPS) is 10.5. The largest absolute Gasteiger partial charge is 0.436 e. The maximum Gasteiger partial charge on any atom is 0.258 e. The fraction of sp³-hybridized carbons (Fsp3) is 0.214. The van der Waals surface area contributed by atoms with Gasteiger partial charge in [0, 0.05) is 30.8 Å². The highest BCUT2D eigenvalue weighted by atomic mass is 19.1. The zero-order valence-electron chi connectivity index (χ0n) is 11.1. The number of hydrogen-bond donors (Lipinski definition) is 1. The van der Waals surface area contributed by atoms with Gasteiger partial charge in [-0.3, -0.25) is 0 Å². The van der Waals surface area contributed by atoms with Crippen molar-refractivity contribution in [3.63, 3.8) is 0 Å². The van der Waals surface area contributed by atoms with Gasteiger partial charge >= 0.3 is 0 Å². The number of nitrogens with zero attached hydrogens (tertiary/aromatic N) is 1. The molecular formula is C14H12F4N2O. The third-order valence-corrected chi connectivity index (χ3v) is 2.49. The average molecular weight is 300 g/mol. The van der Waals surface area contributed by atoms with Crippen molar-refractivity contribution in [1.82, 2.24) is 4.98 Å². The minimum atomic E-state index is -1.07. The molecule has 0 saturated heterocycles. The molecule has 1 heterocycles. The van der Waals surface area contributed by atoms with E-state index in [1.165, 1.54) is 0 Å². The van der Waals surface area contributed by atoms with E-state index in [0.717, 1.165) is 12.1 Å². The van der Waals surface area contributed by atoms with Crippen LogP contribution in [0, 0.1) is 23.3 Å². The number of pyridine rings is 1. The van der Waals surface area contributed by atoms with Gasteiger partial charge in [0.25, 0.3) is 5.88 Å². The van der Waals surface area contributed by atoms with Crippen LogP contribution in [0.1, 0.15) is 13.3 Å². The fourth-order valence-electron chi connectivity index (χ4n) is 1.59. The molecule has 0 aliphatic heterocycles. The SMILES string of the molecule is CCCNc1nc(Oc2cc(F)cc(F)c2)c(F)cc1F. The third kappa shape index (κ3) is 3.84. The van der Waals surface area contributed by atoms with E-state index in [9.17, 15) is 17.6 Å². The van der Waals surface area contributed by atoms with Crippen molar-refractivity contribution in [1.29, 1.82) is 0 Å². The number of anilines is 1. The lowest BCUT2D eigenvalue weighted by molar-refractivity contribution is 0.411. The highest BCUT2D eigenvalue weighted by molar-refractivity contribution is 5.41. The van der Waals surface area contributed by atoms with Gasteiger partial charge in [-0.1, -0.05) is 6.92 Å². The summed E-state index contributed by atoms with van der Waals surface area (Å²) in [5.41, 5.74) is 0. The average Bonchev–Trinajstić information content (AvgIpc) is 2.39.